The van der Waals surface area contributed by atoms with E-state index in [9.17, 15) is 0 Å². The summed E-state index contributed by atoms with van der Waals surface area (Å²) in [6.45, 7) is 6.32. The van der Waals surface area contributed by atoms with Gasteiger partial charge in [-0.25, -0.2) is 0 Å². The lowest BCUT2D eigenvalue weighted by atomic mass is 10.1. The van der Waals surface area contributed by atoms with Gasteiger partial charge in [-0.3, -0.25) is 0 Å². The van der Waals surface area contributed by atoms with Crippen LogP contribution in [-0.2, 0) is 0 Å². The molecule has 0 amide bonds. The van der Waals surface area contributed by atoms with Crippen molar-refractivity contribution in [1.82, 2.24) is 20.2 Å². The van der Waals surface area contributed by atoms with Crippen LogP contribution in [0.3, 0.4) is 0 Å². The number of hydrogen-bond donors (Lipinski definition) is 0. The second-order valence-electron chi connectivity index (χ2n) is 5.33. The van der Waals surface area contributed by atoms with E-state index in [1.165, 1.54) is 11.1 Å². The van der Waals surface area contributed by atoms with Crippen molar-refractivity contribution < 1.29 is 0 Å². The fraction of sp³-hybridized carbons (Fsp3) is 0.235. The smallest absolute Gasteiger partial charge is 0.187 e. The van der Waals surface area contributed by atoms with Crippen molar-refractivity contribution in [2.24, 2.45) is 0 Å². The molecular formula is C17H18N4S. The minimum Gasteiger partial charge on any atom is -0.187 e. The molecule has 5 heteroatoms. The highest BCUT2D eigenvalue weighted by atomic mass is 32.2. The van der Waals surface area contributed by atoms with Crippen LogP contribution < -0.4 is 0 Å². The van der Waals surface area contributed by atoms with E-state index in [4.69, 9.17) is 0 Å². The zero-order valence-electron chi connectivity index (χ0n) is 12.9. The Labute approximate surface area is 134 Å². The lowest BCUT2D eigenvalue weighted by molar-refractivity contribution is 0.750. The molecule has 1 atom stereocenters. The number of thioether (sulfide) groups is 1. The molecule has 0 N–H and O–H groups in total. The van der Waals surface area contributed by atoms with Gasteiger partial charge in [0.1, 0.15) is 0 Å². The van der Waals surface area contributed by atoms with Crippen molar-refractivity contribution in [2.75, 3.05) is 0 Å². The third-order valence-electron chi connectivity index (χ3n) is 3.58. The summed E-state index contributed by atoms with van der Waals surface area (Å²) in [6, 6.07) is 16.7. The van der Waals surface area contributed by atoms with Gasteiger partial charge in [-0.15, -0.1) is 5.10 Å². The van der Waals surface area contributed by atoms with Crippen molar-refractivity contribution in [3.8, 4) is 5.69 Å². The predicted molar refractivity (Wildman–Crippen MR) is 89.3 cm³/mol. The standard InChI is InChI=1S/C17H18N4S/c1-12-9-10-13(2)16(11-12)21-17(18-19-20-21)22-14(3)15-7-5-4-6-8-15/h4-11,14H,1-3H3/t14-/m0/s1. The summed E-state index contributed by atoms with van der Waals surface area (Å²) < 4.78 is 1.83. The first-order valence-electron chi connectivity index (χ1n) is 7.23. The summed E-state index contributed by atoms with van der Waals surface area (Å²) in [7, 11) is 0. The first kappa shape index (κ1) is 14.8. The maximum Gasteiger partial charge on any atom is 0.214 e. The molecule has 0 unspecified atom stereocenters. The second-order valence-corrected chi connectivity index (χ2v) is 6.64. The van der Waals surface area contributed by atoms with Crippen LogP contribution in [0.15, 0.2) is 53.7 Å². The third-order valence-corrected chi connectivity index (χ3v) is 4.68. The molecule has 0 bridgehead atoms. The van der Waals surface area contributed by atoms with E-state index in [0.29, 0.717) is 0 Å². The van der Waals surface area contributed by atoms with Gasteiger partial charge in [-0.05, 0) is 54.0 Å². The Bertz CT molecular complexity index is 767. The van der Waals surface area contributed by atoms with Crippen LogP contribution in [0.2, 0.25) is 0 Å². The van der Waals surface area contributed by atoms with Gasteiger partial charge < -0.3 is 0 Å². The zero-order chi connectivity index (χ0) is 15.5. The lowest BCUT2D eigenvalue weighted by Gasteiger charge is -2.12. The molecule has 1 aromatic heterocycles. The van der Waals surface area contributed by atoms with Crippen LogP contribution in [0.5, 0.6) is 0 Å². The molecule has 1 heterocycles. The quantitative estimate of drug-likeness (QED) is 0.680. The molecule has 112 valence electrons. The van der Waals surface area contributed by atoms with Gasteiger partial charge in [0.2, 0.25) is 5.16 Å². The van der Waals surface area contributed by atoms with Gasteiger partial charge in [-0.1, -0.05) is 54.2 Å². The largest absolute Gasteiger partial charge is 0.214 e. The average Bonchev–Trinajstić information content (AvgIpc) is 2.98. The second kappa shape index (κ2) is 6.32. The Hall–Kier alpha value is -2.14. The van der Waals surface area contributed by atoms with Crippen molar-refractivity contribution >= 4 is 11.8 Å². The van der Waals surface area contributed by atoms with E-state index in [1.54, 1.807) is 11.8 Å². The first-order chi connectivity index (χ1) is 10.6. The van der Waals surface area contributed by atoms with E-state index >= 15 is 0 Å². The maximum atomic E-state index is 4.19. The van der Waals surface area contributed by atoms with Crippen LogP contribution in [-0.4, -0.2) is 20.2 Å². The topological polar surface area (TPSA) is 43.6 Å². The molecule has 0 aliphatic heterocycles. The summed E-state index contributed by atoms with van der Waals surface area (Å²) >= 11 is 1.67. The number of benzene rings is 2. The normalized spacial score (nSPS) is 12.3. The summed E-state index contributed by atoms with van der Waals surface area (Å²) in [6.07, 6.45) is 0. The molecule has 0 aliphatic rings. The van der Waals surface area contributed by atoms with Gasteiger partial charge in [-0.2, -0.15) is 4.68 Å². The third kappa shape index (κ3) is 3.04. The summed E-state index contributed by atoms with van der Waals surface area (Å²) in [5.74, 6) is 0. The summed E-state index contributed by atoms with van der Waals surface area (Å²) in [5.41, 5.74) is 4.66. The fourth-order valence-electron chi connectivity index (χ4n) is 2.30. The Morgan fingerprint density at radius 1 is 1.05 bits per heavy atom. The number of hydrogen-bond acceptors (Lipinski definition) is 4. The predicted octanol–water partition coefficient (Wildman–Crippen LogP) is 4.13. The number of rotatable bonds is 4. The van der Waals surface area contributed by atoms with Crippen LogP contribution in [0.1, 0.15) is 28.9 Å². The minimum atomic E-state index is 0.288. The van der Waals surface area contributed by atoms with Crippen molar-refractivity contribution in [1.29, 1.82) is 0 Å². The molecule has 0 spiro atoms. The molecule has 0 saturated carbocycles. The SMILES string of the molecule is Cc1ccc(C)c(-n2nnnc2S[C@@H](C)c2ccccc2)c1. The highest BCUT2D eigenvalue weighted by Crippen LogP contribution is 2.34. The molecule has 2 aromatic carbocycles. The van der Waals surface area contributed by atoms with Crippen LogP contribution in [0.25, 0.3) is 5.69 Å². The van der Waals surface area contributed by atoms with Gasteiger partial charge in [0, 0.05) is 5.25 Å². The van der Waals surface area contributed by atoms with Crippen molar-refractivity contribution in [3.63, 3.8) is 0 Å². The highest BCUT2D eigenvalue weighted by Gasteiger charge is 2.15. The first-order valence-corrected chi connectivity index (χ1v) is 8.11. The molecular weight excluding hydrogens is 292 g/mol. The Kier molecular flexibility index (Phi) is 4.24. The van der Waals surface area contributed by atoms with Crippen LogP contribution in [0.4, 0.5) is 0 Å². The number of nitrogens with zero attached hydrogens (tertiary/aromatic N) is 4. The molecule has 22 heavy (non-hydrogen) atoms. The van der Waals surface area contributed by atoms with Crippen molar-refractivity contribution in [3.05, 3.63) is 65.2 Å². The van der Waals surface area contributed by atoms with Crippen molar-refractivity contribution in [2.45, 2.75) is 31.2 Å². The highest BCUT2D eigenvalue weighted by molar-refractivity contribution is 7.99. The molecule has 0 fully saturated rings. The molecule has 4 nitrogen and oxygen atoms in total. The maximum absolute atomic E-state index is 4.19. The summed E-state index contributed by atoms with van der Waals surface area (Å²) in [5, 5.41) is 13.3. The molecule has 3 rings (SSSR count). The van der Waals surface area contributed by atoms with Gasteiger partial charge in [0.15, 0.2) is 0 Å². The monoisotopic (exact) mass is 310 g/mol. The van der Waals surface area contributed by atoms with E-state index in [1.807, 2.05) is 10.7 Å². The van der Waals surface area contributed by atoms with Gasteiger partial charge in [0.05, 0.1) is 5.69 Å². The lowest BCUT2D eigenvalue weighted by Crippen LogP contribution is -2.03. The van der Waals surface area contributed by atoms with E-state index in [0.717, 1.165) is 16.4 Å². The van der Waals surface area contributed by atoms with E-state index < -0.39 is 0 Å². The number of tetrazole rings is 1. The van der Waals surface area contributed by atoms with Crippen LogP contribution >= 0.6 is 11.8 Å². The molecule has 0 aliphatic carbocycles. The van der Waals surface area contributed by atoms with Gasteiger partial charge >= 0.3 is 0 Å². The van der Waals surface area contributed by atoms with E-state index in [-0.39, 0.29) is 5.25 Å². The number of aromatic nitrogens is 4. The Morgan fingerprint density at radius 3 is 2.59 bits per heavy atom. The minimum absolute atomic E-state index is 0.288. The molecule has 0 radical (unpaired) electrons. The zero-order valence-corrected chi connectivity index (χ0v) is 13.7. The Morgan fingerprint density at radius 2 is 1.82 bits per heavy atom. The van der Waals surface area contributed by atoms with Crippen LogP contribution in [0, 0.1) is 13.8 Å². The van der Waals surface area contributed by atoms with Gasteiger partial charge in [0.25, 0.3) is 0 Å². The average molecular weight is 310 g/mol. The number of aryl methyl sites for hydroxylation is 2. The van der Waals surface area contributed by atoms with E-state index in [2.05, 4.69) is 78.8 Å². The summed E-state index contributed by atoms with van der Waals surface area (Å²) in [4.78, 5) is 0. The Balaban J connectivity index is 1.91. The fourth-order valence-corrected chi connectivity index (χ4v) is 3.23. The molecule has 3 aromatic rings. The molecule has 0 saturated heterocycles.